The van der Waals surface area contributed by atoms with E-state index in [2.05, 4.69) is 25.9 Å². The average Bonchev–Trinajstić information content (AvgIpc) is 3.29. The Bertz CT molecular complexity index is 1040. The molecule has 10 heteroatoms. The van der Waals surface area contributed by atoms with Gasteiger partial charge in [0.1, 0.15) is 10.0 Å². The largest absolute Gasteiger partial charge is 0.354 e. The van der Waals surface area contributed by atoms with E-state index < -0.39 is 11.8 Å². The maximum atomic E-state index is 12.3. The minimum Gasteiger partial charge on any atom is -0.354 e. The van der Waals surface area contributed by atoms with Crippen molar-refractivity contribution < 1.29 is 14.4 Å². The van der Waals surface area contributed by atoms with Gasteiger partial charge in [-0.05, 0) is 37.3 Å². The van der Waals surface area contributed by atoms with E-state index >= 15 is 0 Å². The van der Waals surface area contributed by atoms with Crippen LogP contribution < -0.4 is 16.0 Å². The Kier molecular flexibility index (Phi) is 5.76. The predicted molar refractivity (Wildman–Crippen MR) is 108 cm³/mol. The number of hydrogen-bond donors (Lipinski definition) is 4. The number of imidazole rings is 1. The van der Waals surface area contributed by atoms with Crippen molar-refractivity contribution >= 4 is 52.0 Å². The van der Waals surface area contributed by atoms with Crippen LogP contribution >= 0.6 is 22.9 Å². The highest BCUT2D eigenvalue weighted by Crippen LogP contribution is 2.27. The fraction of sp³-hybridized carbons (Fsp3) is 0.111. The minimum atomic E-state index is -0.530. The molecular weight excluding hydrogens is 402 g/mol. The van der Waals surface area contributed by atoms with Gasteiger partial charge in [-0.3, -0.25) is 14.4 Å². The molecule has 28 heavy (non-hydrogen) atoms. The molecule has 0 aliphatic heterocycles. The molecule has 8 nitrogen and oxygen atoms in total. The first kappa shape index (κ1) is 19.6. The summed E-state index contributed by atoms with van der Waals surface area (Å²) in [5.74, 6) is -1.28. The first-order chi connectivity index (χ1) is 13.4. The molecule has 2 aromatic heterocycles. The number of aryl methyl sites for hydroxylation is 1. The maximum absolute atomic E-state index is 12.3. The molecule has 3 aromatic rings. The van der Waals surface area contributed by atoms with Gasteiger partial charge in [0.25, 0.3) is 17.7 Å². The van der Waals surface area contributed by atoms with Crippen molar-refractivity contribution in [3.8, 4) is 0 Å². The third-order valence-electron chi connectivity index (χ3n) is 3.76. The number of nitrogens with zero attached hydrogens (tertiary/aromatic N) is 1. The lowest BCUT2D eigenvalue weighted by Gasteiger charge is -2.08. The van der Waals surface area contributed by atoms with Crippen molar-refractivity contribution in [3.05, 3.63) is 62.8 Å². The Labute approximate surface area is 169 Å². The molecule has 0 saturated carbocycles. The second-order valence-electron chi connectivity index (χ2n) is 5.74. The second-order valence-corrected chi connectivity index (χ2v) is 7.59. The molecule has 0 unspecified atom stereocenters. The van der Waals surface area contributed by atoms with Crippen LogP contribution in [0.2, 0.25) is 4.34 Å². The molecule has 0 atom stereocenters. The summed E-state index contributed by atoms with van der Waals surface area (Å²) in [5.41, 5.74) is 1.51. The van der Waals surface area contributed by atoms with Gasteiger partial charge in [0.15, 0.2) is 5.69 Å². The molecular formula is C18H16ClN5O3S. The summed E-state index contributed by atoms with van der Waals surface area (Å²) < 4.78 is 0.435. The molecule has 4 N–H and O–H groups in total. The number of benzene rings is 1. The lowest BCUT2D eigenvalue weighted by atomic mass is 10.2. The van der Waals surface area contributed by atoms with Crippen LogP contribution in [0.25, 0.3) is 0 Å². The molecule has 1 aromatic carbocycles. The molecule has 0 saturated heterocycles. The minimum absolute atomic E-state index is 0.0146. The lowest BCUT2D eigenvalue weighted by molar-refractivity contribution is 0.0943. The van der Waals surface area contributed by atoms with Crippen molar-refractivity contribution in [1.29, 1.82) is 0 Å². The zero-order valence-corrected chi connectivity index (χ0v) is 16.5. The summed E-state index contributed by atoms with van der Waals surface area (Å²) >= 11 is 7.40. The number of anilines is 2. The van der Waals surface area contributed by atoms with Crippen LogP contribution in [0, 0.1) is 6.92 Å². The highest BCUT2D eigenvalue weighted by molar-refractivity contribution is 7.16. The number of rotatable bonds is 5. The standard InChI is InChI=1S/C18H16ClN5O3S/c1-9-7-12(15(19)28-9)16(25)23-10-3-5-11(6-4-10)24-18(27)14-13(17(26)20-2)21-8-22-14/h3-8H,1-2H3,(H,20,26)(H,21,22)(H,23,25)(H,24,27). The van der Waals surface area contributed by atoms with Crippen LogP contribution in [0.4, 0.5) is 11.4 Å². The summed E-state index contributed by atoms with van der Waals surface area (Å²) in [4.78, 5) is 43.8. The third kappa shape index (κ3) is 4.21. The summed E-state index contributed by atoms with van der Waals surface area (Å²) in [7, 11) is 1.46. The molecule has 0 bridgehead atoms. The normalized spacial score (nSPS) is 10.4. The number of halogens is 1. The lowest BCUT2D eigenvalue weighted by Crippen LogP contribution is -2.23. The number of amides is 3. The van der Waals surface area contributed by atoms with Crippen LogP contribution in [0.3, 0.4) is 0 Å². The fourth-order valence-electron chi connectivity index (χ4n) is 2.43. The Morgan fingerprint density at radius 2 is 1.64 bits per heavy atom. The van der Waals surface area contributed by atoms with Crippen LogP contribution in [0.15, 0.2) is 36.7 Å². The van der Waals surface area contributed by atoms with Gasteiger partial charge in [-0.15, -0.1) is 11.3 Å². The Morgan fingerprint density at radius 1 is 1.04 bits per heavy atom. The first-order valence-electron chi connectivity index (χ1n) is 8.13. The van der Waals surface area contributed by atoms with Crippen molar-refractivity contribution in [1.82, 2.24) is 15.3 Å². The zero-order valence-electron chi connectivity index (χ0n) is 14.9. The Hall–Kier alpha value is -3.17. The number of thiophene rings is 1. The molecule has 3 rings (SSSR count). The van der Waals surface area contributed by atoms with Crippen LogP contribution in [-0.2, 0) is 0 Å². The van der Waals surface area contributed by atoms with Gasteiger partial charge in [-0.2, -0.15) is 0 Å². The third-order valence-corrected chi connectivity index (χ3v) is 5.04. The summed E-state index contributed by atoms with van der Waals surface area (Å²) in [6, 6.07) is 8.26. The number of H-pyrrole nitrogens is 1. The van der Waals surface area contributed by atoms with Crippen LogP contribution in [0.1, 0.15) is 36.2 Å². The monoisotopic (exact) mass is 417 g/mol. The summed E-state index contributed by atoms with van der Waals surface area (Å²) in [5, 5.41) is 7.84. The highest BCUT2D eigenvalue weighted by Gasteiger charge is 2.19. The predicted octanol–water partition coefficient (Wildman–Crippen LogP) is 3.30. The molecule has 3 amide bonds. The van der Waals surface area contributed by atoms with Gasteiger partial charge >= 0.3 is 0 Å². The number of aromatic amines is 1. The van der Waals surface area contributed by atoms with Gasteiger partial charge in [-0.25, -0.2) is 4.98 Å². The number of nitrogens with one attached hydrogen (secondary N) is 4. The Balaban J connectivity index is 1.67. The van der Waals surface area contributed by atoms with Crippen LogP contribution in [-0.4, -0.2) is 34.7 Å². The number of aromatic nitrogens is 2. The van der Waals surface area contributed by atoms with Crippen molar-refractivity contribution in [2.24, 2.45) is 0 Å². The van der Waals surface area contributed by atoms with E-state index in [0.29, 0.717) is 21.3 Å². The van der Waals surface area contributed by atoms with E-state index in [1.807, 2.05) is 6.92 Å². The first-order valence-corrected chi connectivity index (χ1v) is 9.32. The molecule has 0 radical (unpaired) electrons. The highest BCUT2D eigenvalue weighted by atomic mass is 35.5. The maximum Gasteiger partial charge on any atom is 0.276 e. The number of carbonyl (C=O) groups excluding carboxylic acids is 3. The number of hydrogen-bond acceptors (Lipinski definition) is 5. The smallest absolute Gasteiger partial charge is 0.276 e. The van der Waals surface area contributed by atoms with E-state index in [0.717, 1.165) is 4.88 Å². The van der Waals surface area contributed by atoms with Crippen molar-refractivity contribution in [2.75, 3.05) is 17.7 Å². The van der Waals surface area contributed by atoms with Crippen molar-refractivity contribution in [3.63, 3.8) is 0 Å². The van der Waals surface area contributed by atoms with Gasteiger partial charge in [-0.1, -0.05) is 11.6 Å². The molecule has 0 aliphatic rings. The molecule has 0 aliphatic carbocycles. The van der Waals surface area contributed by atoms with Gasteiger partial charge in [0.05, 0.1) is 11.9 Å². The molecule has 144 valence electrons. The van der Waals surface area contributed by atoms with Crippen LogP contribution in [0.5, 0.6) is 0 Å². The molecule has 2 heterocycles. The second kappa shape index (κ2) is 8.24. The topological polar surface area (TPSA) is 116 Å². The fourth-order valence-corrected chi connectivity index (χ4v) is 3.66. The summed E-state index contributed by atoms with van der Waals surface area (Å²) in [6.45, 7) is 1.87. The van der Waals surface area contributed by atoms with E-state index in [1.165, 1.54) is 24.7 Å². The average molecular weight is 418 g/mol. The van der Waals surface area contributed by atoms with E-state index in [1.54, 1.807) is 30.3 Å². The van der Waals surface area contributed by atoms with E-state index in [-0.39, 0.29) is 17.3 Å². The quantitative estimate of drug-likeness (QED) is 0.509. The molecule has 0 spiro atoms. The molecule has 0 fully saturated rings. The Morgan fingerprint density at radius 3 is 2.18 bits per heavy atom. The number of carbonyl (C=O) groups is 3. The van der Waals surface area contributed by atoms with Crippen molar-refractivity contribution in [2.45, 2.75) is 6.92 Å². The van der Waals surface area contributed by atoms with Gasteiger partial charge < -0.3 is 20.9 Å². The zero-order chi connectivity index (χ0) is 20.3. The van der Waals surface area contributed by atoms with E-state index in [4.69, 9.17) is 11.6 Å². The summed E-state index contributed by atoms with van der Waals surface area (Å²) in [6.07, 6.45) is 1.27. The SMILES string of the molecule is CNC(=O)c1[nH]cnc1C(=O)Nc1ccc(NC(=O)c2cc(C)sc2Cl)cc1. The van der Waals surface area contributed by atoms with E-state index in [9.17, 15) is 14.4 Å². The van der Waals surface area contributed by atoms with Gasteiger partial charge in [0, 0.05) is 23.3 Å². The van der Waals surface area contributed by atoms with Gasteiger partial charge in [0.2, 0.25) is 0 Å².